The topological polar surface area (TPSA) is 92.6 Å². The third-order valence-corrected chi connectivity index (χ3v) is 1.17. The molecule has 1 atom stereocenters. The second-order valence-corrected chi connectivity index (χ2v) is 2.09. The molecular weight excluding hydrogens is 120 g/mol. The van der Waals surface area contributed by atoms with E-state index in [-0.39, 0.29) is 12.5 Å². The number of carboxylic acid groups (broad SMARTS) is 1. The molecule has 54 valence electrons. The van der Waals surface area contributed by atoms with Gasteiger partial charge in [0.05, 0.1) is 6.42 Å². The molecular formula is C5H14N2O2+2. The van der Waals surface area contributed by atoms with Gasteiger partial charge in [0.25, 0.3) is 0 Å². The zero-order valence-corrected chi connectivity index (χ0v) is 5.47. The van der Waals surface area contributed by atoms with Gasteiger partial charge in [-0.3, -0.25) is 4.79 Å². The van der Waals surface area contributed by atoms with E-state index in [2.05, 4.69) is 11.5 Å². The van der Waals surface area contributed by atoms with Crippen LogP contribution in [0, 0.1) is 0 Å². The number of hydrogen-bond acceptors (Lipinski definition) is 1. The van der Waals surface area contributed by atoms with Crippen LogP contribution in [0.4, 0.5) is 0 Å². The Morgan fingerprint density at radius 2 is 2.22 bits per heavy atom. The van der Waals surface area contributed by atoms with Crippen molar-refractivity contribution in [3.05, 3.63) is 0 Å². The van der Waals surface area contributed by atoms with Gasteiger partial charge in [0.15, 0.2) is 0 Å². The summed E-state index contributed by atoms with van der Waals surface area (Å²) >= 11 is 0. The van der Waals surface area contributed by atoms with Crippen LogP contribution in [0.3, 0.4) is 0 Å². The first-order chi connectivity index (χ1) is 4.16. The van der Waals surface area contributed by atoms with E-state index in [1.54, 1.807) is 0 Å². The lowest BCUT2D eigenvalue weighted by Crippen LogP contribution is -2.72. The standard InChI is InChI=1S/C5H12N2O2/c6-3-4(7)1-2-5(8)9/h4H,1-3,6-7H2,(H,8,9)/p+2. The smallest absolute Gasteiger partial charge is 0.303 e. The molecule has 0 saturated heterocycles. The van der Waals surface area contributed by atoms with Crippen LogP contribution in [0.15, 0.2) is 0 Å². The number of aliphatic carboxylic acids is 1. The van der Waals surface area contributed by atoms with Gasteiger partial charge >= 0.3 is 5.97 Å². The molecule has 0 bridgehead atoms. The largest absolute Gasteiger partial charge is 0.481 e. The van der Waals surface area contributed by atoms with Crippen molar-refractivity contribution >= 4 is 5.97 Å². The molecule has 0 aliphatic heterocycles. The first kappa shape index (κ1) is 8.39. The number of rotatable bonds is 4. The lowest BCUT2D eigenvalue weighted by atomic mass is 10.2. The Kier molecular flexibility index (Phi) is 4.00. The van der Waals surface area contributed by atoms with Gasteiger partial charge in [0, 0.05) is 6.42 Å². The van der Waals surface area contributed by atoms with Crippen LogP contribution in [-0.4, -0.2) is 23.7 Å². The molecule has 0 radical (unpaired) electrons. The molecule has 1 unspecified atom stereocenters. The highest BCUT2D eigenvalue weighted by molar-refractivity contribution is 5.66. The minimum absolute atomic E-state index is 0.195. The summed E-state index contributed by atoms with van der Waals surface area (Å²) in [6, 6.07) is 0.195. The summed E-state index contributed by atoms with van der Waals surface area (Å²) < 4.78 is 0. The van der Waals surface area contributed by atoms with Crippen molar-refractivity contribution in [3.63, 3.8) is 0 Å². The van der Waals surface area contributed by atoms with Crippen LogP contribution in [0.5, 0.6) is 0 Å². The van der Waals surface area contributed by atoms with Gasteiger partial charge in [-0.05, 0) is 0 Å². The molecule has 0 fully saturated rings. The first-order valence-corrected chi connectivity index (χ1v) is 3.01. The van der Waals surface area contributed by atoms with Crippen molar-refractivity contribution in [1.29, 1.82) is 0 Å². The number of quaternary nitrogens is 2. The Balaban J connectivity index is 3.16. The van der Waals surface area contributed by atoms with E-state index in [1.807, 2.05) is 0 Å². The summed E-state index contributed by atoms with van der Waals surface area (Å²) in [6.45, 7) is 0.716. The van der Waals surface area contributed by atoms with E-state index in [9.17, 15) is 4.79 Å². The van der Waals surface area contributed by atoms with Gasteiger partial charge in [0.2, 0.25) is 0 Å². The lowest BCUT2D eigenvalue weighted by Gasteiger charge is -1.98. The maximum atomic E-state index is 9.97. The summed E-state index contributed by atoms with van der Waals surface area (Å²) in [5.74, 6) is -0.753. The van der Waals surface area contributed by atoms with Gasteiger partial charge in [-0.2, -0.15) is 0 Å². The molecule has 0 aromatic carbocycles. The molecule has 0 aliphatic rings. The maximum Gasteiger partial charge on any atom is 0.303 e. The summed E-state index contributed by atoms with van der Waals surface area (Å²) in [5, 5.41) is 8.21. The Morgan fingerprint density at radius 1 is 1.67 bits per heavy atom. The normalized spacial score (nSPS) is 13.1. The van der Waals surface area contributed by atoms with Crippen molar-refractivity contribution in [2.75, 3.05) is 6.54 Å². The monoisotopic (exact) mass is 134 g/mol. The van der Waals surface area contributed by atoms with E-state index in [0.717, 1.165) is 0 Å². The van der Waals surface area contributed by atoms with Crippen LogP contribution in [0.1, 0.15) is 12.8 Å². The van der Waals surface area contributed by atoms with E-state index in [4.69, 9.17) is 5.11 Å². The third kappa shape index (κ3) is 5.26. The minimum Gasteiger partial charge on any atom is -0.481 e. The highest BCUT2D eigenvalue weighted by Crippen LogP contribution is 1.88. The lowest BCUT2D eigenvalue weighted by molar-refractivity contribution is -0.494. The minimum atomic E-state index is -0.753. The van der Waals surface area contributed by atoms with Crippen LogP contribution in [0.25, 0.3) is 0 Å². The maximum absolute atomic E-state index is 9.97. The molecule has 9 heavy (non-hydrogen) atoms. The molecule has 0 rings (SSSR count). The van der Waals surface area contributed by atoms with Crippen molar-refractivity contribution < 1.29 is 21.4 Å². The zero-order valence-electron chi connectivity index (χ0n) is 5.47. The van der Waals surface area contributed by atoms with E-state index in [0.29, 0.717) is 13.0 Å². The zero-order chi connectivity index (χ0) is 7.28. The quantitative estimate of drug-likeness (QED) is 0.403. The fraction of sp³-hybridized carbons (Fsp3) is 0.800. The molecule has 7 N–H and O–H groups in total. The van der Waals surface area contributed by atoms with Crippen molar-refractivity contribution in [2.24, 2.45) is 0 Å². The fourth-order valence-corrected chi connectivity index (χ4v) is 0.472. The van der Waals surface area contributed by atoms with Crippen LogP contribution in [-0.2, 0) is 4.79 Å². The molecule has 4 heteroatoms. The summed E-state index contributed by atoms with van der Waals surface area (Å²) in [4.78, 5) is 9.97. The van der Waals surface area contributed by atoms with Gasteiger partial charge in [-0.1, -0.05) is 0 Å². The second-order valence-electron chi connectivity index (χ2n) is 2.09. The third-order valence-electron chi connectivity index (χ3n) is 1.17. The second kappa shape index (κ2) is 4.29. The van der Waals surface area contributed by atoms with E-state index >= 15 is 0 Å². The number of carbonyl (C=O) groups is 1. The average molecular weight is 134 g/mol. The predicted molar refractivity (Wildman–Crippen MR) is 31.3 cm³/mol. The average Bonchev–Trinajstić information content (AvgIpc) is 1.83. The van der Waals surface area contributed by atoms with Crippen molar-refractivity contribution in [2.45, 2.75) is 18.9 Å². The molecule has 0 amide bonds. The molecule has 0 aliphatic carbocycles. The summed E-state index contributed by atoms with van der Waals surface area (Å²) in [7, 11) is 0. The molecule has 0 aromatic heterocycles. The summed E-state index contributed by atoms with van der Waals surface area (Å²) in [5.41, 5.74) is 7.31. The van der Waals surface area contributed by atoms with E-state index < -0.39 is 5.97 Å². The molecule has 0 aromatic rings. The molecule has 0 spiro atoms. The van der Waals surface area contributed by atoms with Crippen LogP contribution < -0.4 is 11.5 Å². The SMILES string of the molecule is [NH3+]CC([NH3+])CCC(=O)O. The van der Waals surface area contributed by atoms with Crippen LogP contribution >= 0.6 is 0 Å². The van der Waals surface area contributed by atoms with Gasteiger partial charge in [-0.15, -0.1) is 0 Å². The predicted octanol–water partition coefficient (Wildman–Crippen LogP) is -2.30. The van der Waals surface area contributed by atoms with Crippen molar-refractivity contribution in [1.82, 2.24) is 0 Å². The van der Waals surface area contributed by atoms with Gasteiger partial charge in [-0.25, -0.2) is 0 Å². The Morgan fingerprint density at radius 3 is 2.56 bits per heavy atom. The number of carboxylic acids is 1. The van der Waals surface area contributed by atoms with Crippen LogP contribution in [0.2, 0.25) is 0 Å². The summed E-state index contributed by atoms with van der Waals surface area (Å²) in [6.07, 6.45) is 0.850. The fourth-order valence-electron chi connectivity index (χ4n) is 0.472. The number of hydrogen-bond donors (Lipinski definition) is 3. The molecule has 4 nitrogen and oxygen atoms in total. The molecule has 0 heterocycles. The van der Waals surface area contributed by atoms with Gasteiger partial charge in [0.1, 0.15) is 12.6 Å². The highest BCUT2D eigenvalue weighted by atomic mass is 16.4. The Bertz CT molecular complexity index is 95.0. The van der Waals surface area contributed by atoms with Gasteiger partial charge < -0.3 is 16.6 Å². The van der Waals surface area contributed by atoms with Crippen molar-refractivity contribution in [3.8, 4) is 0 Å². The Hall–Kier alpha value is -0.610. The molecule has 0 saturated carbocycles. The Labute approximate surface area is 53.8 Å². The highest BCUT2D eigenvalue weighted by Gasteiger charge is 2.07. The first-order valence-electron chi connectivity index (χ1n) is 3.01. The van der Waals surface area contributed by atoms with E-state index in [1.165, 1.54) is 0 Å².